The molecule has 1 aromatic rings. The third-order valence-corrected chi connectivity index (χ3v) is 8.86. The van der Waals surface area contributed by atoms with E-state index in [9.17, 15) is 4.39 Å². The number of aromatic nitrogens is 1. The van der Waals surface area contributed by atoms with Gasteiger partial charge in [-0.15, -0.1) is 24.8 Å². The number of hydrogen-bond donors (Lipinski definition) is 1. The first kappa shape index (κ1) is 28.1. The Morgan fingerprint density at radius 2 is 2.00 bits per heavy atom. The first-order valence-electron chi connectivity index (χ1n) is 11.8. The fourth-order valence-corrected chi connectivity index (χ4v) is 7.51. The molecule has 0 saturated carbocycles. The molecule has 0 unspecified atom stereocenters. The van der Waals surface area contributed by atoms with E-state index in [1.165, 1.54) is 32.7 Å². The summed E-state index contributed by atoms with van der Waals surface area (Å²) in [4.78, 5) is 10.2. The van der Waals surface area contributed by atoms with Crippen molar-refractivity contribution in [3.63, 3.8) is 0 Å². The van der Waals surface area contributed by atoms with Gasteiger partial charge in [0.15, 0.2) is 0 Å². The fourth-order valence-electron chi connectivity index (χ4n) is 4.79. The first-order chi connectivity index (χ1) is 16.1. The van der Waals surface area contributed by atoms with Crippen molar-refractivity contribution in [2.75, 3.05) is 24.5 Å². The van der Waals surface area contributed by atoms with E-state index in [4.69, 9.17) is 4.98 Å². The molecule has 8 heteroatoms. The molecule has 5 rings (SSSR count). The number of hydrogen-bond acceptors (Lipinski definition) is 5. The van der Waals surface area contributed by atoms with Gasteiger partial charge in [0.2, 0.25) is 0 Å². The van der Waals surface area contributed by atoms with Crippen LogP contribution in [0.4, 0.5) is 10.1 Å². The minimum absolute atomic E-state index is 0. The summed E-state index contributed by atoms with van der Waals surface area (Å²) < 4.78 is 13.6. The topological polar surface area (TPSA) is 28.2 Å². The zero-order valence-corrected chi connectivity index (χ0v) is 23.3. The maximum absolute atomic E-state index is 13.6. The van der Waals surface area contributed by atoms with Crippen LogP contribution in [0.3, 0.4) is 0 Å². The molecule has 1 fully saturated rings. The van der Waals surface area contributed by atoms with Gasteiger partial charge < -0.3 is 10.2 Å². The van der Waals surface area contributed by atoms with Crippen molar-refractivity contribution in [3.8, 4) is 11.3 Å². The first-order valence-corrected chi connectivity index (χ1v) is 13.9. The monoisotopic (exact) mass is 551 g/mol. The molecule has 3 aliphatic heterocycles. The predicted molar refractivity (Wildman–Crippen MR) is 155 cm³/mol. The second kappa shape index (κ2) is 12.7. The molecule has 1 saturated heterocycles. The maximum atomic E-state index is 13.6. The highest BCUT2D eigenvalue weighted by Gasteiger charge is 2.32. The lowest BCUT2D eigenvalue weighted by molar-refractivity contribution is 0.434. The van der Waals surface area contributed by atoms with Crippen molar-refractivity contribution in [1.29, 1.82) is 0 Å². The average Bonchev–Trinajstić information content (AvgIpc) is 2.93. The second-order valence-electron chi connectivity index (χ2n) is 9.32. The quantitative estimate of drug-likeness (QED) is 0.316. The molecule has 0 bridgehead atoms. The Hall–Kier alpha value is -1.44. The summed E-state index contributed by atoms with van der Waals surface area (Å²) in [7, 11) is 3.79. The van der Waals surface area contributed by atoms with Gasteiger partial charge in [-0.2, -0.15) is 0 Å². The van der Waals surface area contributed by atoms with Crippen LogP contribution in [0.1, 0.15) is 37.8 Å². The van der Waals surface area contributed by atoms with Gasteiger partial charge in [-0.05, 0) is 59.9 Å². The van der Waals surface area contributed by atoms with E-state index in [1.54, 1.807) is 12.1 Å². The Labute approximate surface area is 228 Å². The number of halogens is 3. The van der Waals surface area contributed by atoms with Gasteiger partial charge in [-0.3, -0.25) is 4.98 Å². The molecule has 1 aliphatic carbocycles. The zero-order valence-electron chi connectivity index (χ0n) is 20.0. The minimum Gasteiger partial charge on any atom is -0.366 e. The maximum Gasteiger partial charge on any atom is 0.123 e. The number of benzene rings is 1. The molecule has 3 heterocycles. The van der Waals surface area contributed by atoms with Crippen LogP contribution >= 0.6 is 46.4 Å². The van der Waals surface area contributed by atoms with E-state index in [0.29, 0.717) is 12.0 Å². The number of aryl methyl sites for hydroxylation is 1. The summed E-state index contributed by atoms with van der Waals surface area (Å²) in [5.74, 6) is 0.486. The average molecular weight is 553 g/mol. The van der Waals surface area contributed by atoms with E-state index in [1.807, 2.05) is 39.9 Å². The highest BCUT2D eigenvalue weighted by Crippen LogP contribution is 2.56. The van der Waals surface area contributed by atoms with Gasteiger partial charge in [0, 0.05) is 47.9 Å². The lowest BCUT2D eigenvalue weighted by atomic mass is 10.0. The third-order valence-electron chi connectivity index (χ3n) is 6.28. The summed E-state index contributed by atoms with van der Waals surface area (Å²) in [6, 6.07) is 13.7. The van der Waals surface area contributed by atoms with Gasteiger partial charge in [-0.1, -0.05) is 59.7 Å². The molecule has 4 aliphatic rings. The van der Waals surface area contributed by atoms with Gasteiger partial charge in [-0.25, -0.2) is 4.39 Å². The number of nitrogens with zero attached hydrogens (tertiary/aromatic N) is 2. The van der Waals surface area contributed by atoms with Crippen LogP contribution < -0.4 is 10.2 Å². The molecular weight excluding hydrogens is 520 g/mol. The standard InChI is InChI=1S/C27H30FN3S2.2ClH/c1-18(2)14-22-16-24-26(25-23(27(24)33-32-22)8-3-4-11-30-25)31-13-12-29-21(17-31)10-9-19-6-5-7-20(28)15-19;;/h3-8,11,15-16,18,21,29H,9-10,12-14,17H2,1-2H3;2*1H/t21-;;/m0../s1. The van der Waals surface area contributed by atoms with Crippen LogP contribution in [-0.2, 0) is 6.42 Å². The molecule has 0 radical (unpaired) electrons. The summed E-state index contributed by atoms with van der Waals surface area (Å²) in [5, 5.41) is 3.68. The summed E-state index contributed by atoms with van der Waals surface area (Å²) >= 11 is 0. The van der Waals surface area contributed by atoms with Crippen LogP contribution in [0.5, 0.6) is 0 Å². The van der Waals surface area contributed by atoms with Crippen LogP contribution in [0, 0.1) is 11.7 Å². The molecule has 188 valence electrons. The van der Waals surface area contributed by atoms with Crippen molar-refractivity contribution < 1.29 is 4.39 Å². The molecule has 35 heavy (non-hydrogen) atoms. The van der Waals surface area contributed by atoms with Crippen LogP contribution in [0.2, 0.25) is 0 Å². The number of nitrogens with one attached hydrogen (secondary N) is 1. The summed E-state index contributed by atoms with van der Waals surface area (Å²) in [6.45, 7) is 7.41. The molecule has 1 atom stereocenters. The third kappa shape index (κ3) is 6.47. The number of anilines is 1. The SMILES string of the molecule is CC(C)CC1=Cc2c(c3ccccnc-3c2N2CCN[C@@H](CCc3cccc(F)c3)C2)SS1.Cl.Cl. The van der Waals surface area contributed by atoms with Crippen LogP contribution in [-0.4, -0.2) is 30.7 Å². The predicted octanol–water partition coefficient (Wildman–Crippen LogP) is 7.72. The minimum atomic E-state index is -0.154. The van der Waals surface area contributed by atoms with Crippen molar-refractivity contribution in [3.05, 3.63) is 70.5 Å². The smallest absolute Gasteiger partial charge is 0.123 e. The number of piperazine rings is 1. The molecule has 1 aromatic carbocycles. The number of allylic oxidation sites excluding steroid dienone is 1. The molecule has 3 nitrogen and oxygen atoms in total. The molecule has 0 aromatic heterocycles. The zero-order chi connectivity index (χ0) is 22.8. The molecule has 0 amide bonds. The normalized spacial score (nSPS) is 17.4. The molecule has 0 spiro atoms. The summed E-state index contributed by atoms with van der Waals surface area (Å²) in [5.41, 5.74) is 6.04. The molecule has 1 N–H and O–H groups in total. The summed E-state index contributed by atoms with van der Waals surface area (Å²) in [6.07, 6.45) is 7.30. The Bertz CT molecular complexity index is 1140. The van der Waals surface area contributed by atoms with Crippen molar-refractivity contribution in [2.24, 2.45) is 5.92 Å². The highest BCUT2D eigenvalue weighted by molar-refractivity contribution is 8.78. The Balaban J connectivity index is 0.00000171. The second-order valence-corrected chi connectivity index (χ2v) is 11.6. The van der Waals surface area contributed by atoms with Crippen molar-refractivity contribution in [1.82, 2.24) is 10.3 Å². The van der Waals surface area contributed by atoms with Gasteiger partial charge >= 0.3 is 0 Å². The van der Waals surface area contributed by atoms with Crippen molar-refractivity contribution in [2.45, 2.75) is 44.0 Å². The molecular formula is C27H32Cl2FN3S2. The Kier molecular flexibility index (Phi) is 10.2. The number of rotatable bonds is 6. The van der Waals surface area contributed by atoms with E-state index in [2.05, 4.69) is 42.3 Å². The lowest BCUT2D eigenvalue weighted by Crippen LogP contribution is -2.51. The van der Waals surface area contributed by atoms with E-state index in [0.717, 1.165) is 50.2 Å². The van der Waals surface area contributed by atoms with Gasteiger partial charge in [0.1, 0.15) is 5.82 Å². The van der Waals surface area contributed by atoms with Crippen LogP contribution in [0.15, 0.2) is 58.5 Å². The van der Waals surface area contributed by atoms with E-state index in [-0.39, 0.29) is 30.6 Å². The van der Waals surface area contributed by atoms with E-state index < -0.39 is 0 Å². The Morgan fingerprint density at radius 1 is 1.14 bits per heavy atom. The van der Waals surface area contributed by atoms with Gasteiger partial charge in [0.05, 0.1) is 11.4 Å². The van der Waals surface area contributed by atoms with E-state index >= 15 is 0 Å². The van der Waals surface area contributed by atoms with Crippen LogP contribution in [0.25, 0.3) is 17.3 Å². The van der Waals surface area contributed by atoms with Crippen molar-refractivity contribution >= 4 is 58.2 Å². The Morgan fingerprint density at radius 3 is 2.80 bits per heavy atom. The van der Waals surface area contributed by atoms with Gasteiger partial charge in [0.25, 0.3) is 0 Å². The lowest BCUT2D eigenvalue weighted by Gasteiger charge is -2.36. The number of fused-ring (bicyclic) bond motifs is 3. The largest absolute Gasteiger partial charge is 0.366 e. The highest BCUT2D eigenvalue weighted by atomic mass is 35.5. The fraction of sp³-hybridized carbons (Fsp3) is 0.370.